The van der Waals surface area contributed by atoms with Gasteiger partial charge in [0, 0.05) is 24.4 Å². The molecule has 7 nitrogen and oxygen atoms in total. The second-order valence-electron chi connectivity index (χ2n) is 5.08. The highest BCUT2D eigenvalue weighted by Crippen LogP contribution is 2.28. The molecule has 0 aliphatic carbocycles. The third-order valence-electron chi connectivity index (χ3n) is 3.51. The molecular formula is C17H18N4O3. The molecule has 0 unspecified atom stereocenters. The Balaban J connectivity index is 1.83. The monoisotopic (exact) mass is 326 g/mol. The molecule has 2 heterocycles. The van der Waals surface area contributed by atoms with Crippen molar-refractivity contribution < 1.29 is 14.0 Å². The summed E-state index contributed by atoms with van der Waals surface area (Å²) in [5, 5.41) is 7.11. The third-order valence-corrected chi connectivity index (χ3v) is 3.51. The Bertz CT molecular complexity index is 832. The standard InChI is InChI=1S/C17H18N4O3/c1-11-20-17(24-21-11)14-5-4-8-18-16(14)19-10-12-6-7-13(22-2)9-15(12)23-3/h4-9H,10H2,1-3H3,(H,18,19). The van der Waals surface area contributed by atoms with Gasteiger partial charge in [0.05, 0.1) is 19.8 Å². The molecule has 3 rings (SSSR count). The van der Waals surface area contributed by atoms with Crippen molar-refractivity contribution in [1.82, 2.24) is 15.1 Å². The van der Waals surface area contributed by atoms with Crippen molar-refractivity contribution in [3.8, 4) is 23.0 Å². The molecule has 0 atom stereocenters. The minimum absolute atomic E-state index is 0.435. The minimum atomic E-state index is 0.435. The lowest BCUT2D eigenvalue weighted by Crippen LogP contribution is -2.04. The maximum Gasteiger partial charge on any atom is 0.261 e. The van der Waals surface area contributed by atoms with E-state index in [0.717, 1.165) is 22.6 Å². The van der Waals surface area contributed by atoms with Gasteiger partial charge in [0.2, 0.25) is 0 Å². The molecule has 0 fully saturated rings. The summed E-state index contributed by atoms with van der Waals surface area (Å²) < 4.78 is 15.9. The van der Waals surface area contributed by atoms with Crippen LogP contribution in [-0.2, 0) is 6.54 Å². The van der Waals surface area contributed by atoms with Gasteiger partial charge in [-0.3, -0.25) is 0 Å². The van der Waals surface area contributed by atoms with E-state index in [1.54, 1.807) is 27.3 Å². The molecule has 0 radical (unpaired) electrons. The quantitative estimate of drug-likeness (QED) is 0.745. The Morgan fingerprint density at radius 2 is 2.04 bits per heavy atom. The van der Waals surface area contributed by atoms with Crippen molar-refractivity contribution in [2.24, 2.45) is 0 Å². The van der Waals surface area contributed by atoms with E-state index in [1.165, 1.54) is 0 Å². The van der Waals surface area contributed by atoms with Gasteiger partial charge in [-0.25, -0.2) is 4.98 Å². The van der Waals surface area contributed by atoms with Crippen LogP contribution in [0.3, 0.4) is 0 Å². The number of rotatable bonds is 6. The molecule has 7 heteroatoms. The molecule has 124 valence electrons. The molecular weight excluding hydrogens is 308 g/mol. The second-order valence-corrected chi connectivity index (χ2v) is 5.08. The first-order chi connectivity index (χ1) is 11.7. The van der Waals surface area contributed by atoms with Crippen LogP contribution in [0.5, 0.6) is 11.5 Å². The Labute approximate surface area is 139 Å². The lowest BCUT2D eigenvalue weighted by Gasteiger charge is -2.12. The number of methoxy groups -OCH3 is 2. The van der Waals surface area contributed by atoms with Crippen molar-refractivity contribution in [2.45, 2.75) is 13.5 Å². The molecule has 0 aliphatic heterocycles. The van der Waals surface area contributed by atoms with Gasteiger partial charge in [0.15, 0.2) is 5.82 Å². The van der Waals surface area contributed by atoms with Gasteiger partial charge in [-0.1, -0.05) is 5.16 Å². The van der Waals surface area contributed by atoms with Crippen molar-refractivity contribution in [3.63, 3.8) is 0 Å². The predicted molar refractivity (Wildman–Crippen MR) is 89.1 cm³/mol. The van der Waals surface area contributed by atoms with E-state index >= 15 is 0 Å². The van der Waals surface area contributed by atoms with Crippen LogP contribution in [-0.4, -0.2) is 29.3 Å². The van der Waals surface area contributed by atoms with Gasteiger partial charge < -0.3 is 19.3 Å². The van der Waals surface area contributed by atoms with E-state index in [-0.39, 0.29) is 0 Å². The number of ether oxygens (including phenoxy) is 2. The van der Waals surface area contributed by atoms with Crippen LogP contribution >= 0.6 is 0 Å². The maximum absolute atomic E-state index is 5.41. The van der Waals surface area contributed by atoms with Gasteiger partial charge in [0.1, 0.15) is 17.3 Å². The number of nitrogens with zero attached hydrogens (tertiary/aromatic N) is 3. The van der Waals surface area contributed by atoms with Crippen molar-refractivity contribution in [1.29, 1.82) is 0 Å². The van der Waals surface area contributed by atoms with Gasteiger partial charge in [-0.15, -0.1) is 0 Å². The first-order valence-electron chi connectivity index (χ1n) is 7.41. The SMILES string of the molecule is COc1ccc(CNc2ncccc2-c2nc(C)no2)c(OC)c1. The van der Waals surface area contributed by atoms with Crippen LogP contribution in [0.15, 0.2) is 41.1 Å². The highest BCUT2D eigenvalue weighted by Gasteiger charge is 2.13. The number of aryl methyl sites for hydroxylation is 1. The van der Waals surface area contributed by atoms with Gasteiger partial charge >= 0.3 is 0 Å². The van der Waals surface area contributed by atoms with Crippen LogP contribution in [0, 0.1) is 6.92 Å². The highest BCUT2D eigenvalue weighted by atomic mass is 16.5. The number of anilines is 1. The van der Waals surface area contributed by atoms with Crippen LogP contribution < -0.4 is 14.8 Å². The molecule has 24 heavy (non-hydrogen) atoms. The van der Waals surface area contributed by atoms with Gasteiger partial charge in [-0.2, -0.15) is 4.98 Å². The summed E-state index contributed by atoms with van der Waals surface area (Å²) in [6, 6.07) is 9.39. The third kappa shape index (κ3) is 3.29. The Hall–Kier alpha value is -3.09. The fraction of sp³-hybridized carbons (Fsp3) is 0.235. The molecule has 0 saturated carbocycles. The second kappa shape index (κ2) is 6.99. The predicted octanol–water partition coefficient (Wildman–Crippen LogP) is 3.07. The fourth-order valence-corrected chi connectivity index (χ4v) is 2.30. The van der Waals surface area contributed by atoms with Crippen LogP contribution in [0.25, 0.3) is 11.5 Å². The van der Waals surface area contributed by atoms with Crippen molar-refractivity contribution in [2.75, 3.05) is 19.5 Å². The summed E-state index contributed by atoms with van der Waals surface area (Å²) in [5.41, 5.74) is 1.74. The average Bonchev–Trinajstić information content (AvgIpc) is 3.06. The Kier molecular flexibility index (Phi) is 4.60. The molecule has 0 amide bonds. The number of pyridine rings is 1. The summed E-state index contributed by atoms with van der Waals surface area (Å²) in [7, 11) is 3.25. The van der Waals surface area contributed by atoms with E-state index in [4.69, 9.17) is 14.0 Å². The van der Waals surface area contributed by atoms with Crippen molar-refractivity contribution in [3.05, 3.63) is 47.9 Å². The largest absolute Gasteiger partial charge is 0.497 e. The zero-order valence-electron chi connectivity index (χ0n) is 13.7. The molecule has 1 N–H and O–H groups in total. The lowest BCUT2D eigenvalue weighted by molar-refractivity contribution is 0.391. The zero-order valence-corrected chi connectivity index (χ0v) is 13.7. The summed E-state index contributed by atoms with van der Waals surface area (Å²) in [6.45, 7) is 2.31. The molecule has 0 spiro atoms. The summed E-state index contributed by atoms with van der Waals surface area (Å²) in [6.07, 6.45) is 1.71. The van der Waals surface area contributed by atoms with E-state index in [2.05, 4.69) is 20.4 Å². The van der Waals surface area contributed by atoms with Gasteiger partial charge in [0.25, 0.3) is 5.89 Å². The summed E-state index contributed by atoms with van der Waals surface area (Å²) >= 11 is 0. The number of benzene rings is 1. The molecule has 0 aliphatic rings. The van der Waals surface area contributed by atoms with E-state index in [9.17, 15) is 0 Å². The normalized spacial score (nSPS) is 10.5. The Morgan fingerprint density at radius 1 is 1.17 bits per heavy atom. The average molecular weight is 326 g/mol. The van der Waals surface area contributed by atoms with E-state index < -0.39 is 0 Å². The minimum Gasteiger partial charge on any atom is -0.497 e. The summed E-state index contributed by atoms with van der Waals surface area (Å²) in [5.74, 6) is 3.17. The van der Waals surface area contributed by atoms with E-state index in [0.29, 0.717) is 24.1 Å². The van der Waals surface area contributed by atoms with Gasteiger partial charge in [-0.05, 0) is 31.2 Å². The zero-order chi connectivity index (χ0) is 16.9. The number of nitrogens with one attached hydrogen (secondary N) is 1. The molecule has 0 saturated heterocycles. The molecule has 1 aromatic carbocycles. The number of hydrogen-bond donors (Lipinski definition) is 1. The highest BCUT2D eigenvalue weighted by molar-refractivity contribution is 5.68. The molecule has 2 aromatic heterocycles. The molecule has 3 aromatic rings. The Morgan fingerprint density at radius 3 is 2.75 bits per heavy atom. The number of aromatic nitrogens is 3. The van der Waals surface area contributed by atoms with E-state index in [1.807, 2.05) is 30.3 Å². The van der Waals surface area contributed by atoms with Crippen LogP contribution in [0.2, 0.25) is 0 Å². The van der Waals surface area contributed by atoms with Crippen LogP contribution in [0.1, 0.15) is 11.4 Å². The molecule has 0 bridgehead atoms. The fourth-order valence-electron chi connectivity index (χ4n) is 2.30. The first kappa shape index (κ1) is 15.8. The van der Waals surface area contributed by atoms with Crippen molar-refractivity contribution >= 4 is 5.82 Å². The summed E-state index contributed by atoms with van der Waals surface area (Å²) in [4.78, 5) is 8.62. The number of hydrogen-bond acceptors (Lipinski definition) is 7. The lowest BCUT2D eigenvalue weighted by atomic mass is 10.2. The van der Waals surface area contributed by atoms with Crippen LogP contribution in [0.4, 0.5) is 5.82 Å². The smallest absolute Gasteiger partial charge is 0.261 e. The first-order valence-corrected chi connectivity index (χ1v) is 7.41. The maximum atomic E-state index is 5.41. The topological polar surface area (TPSA) is 82.3 Å².